The van der Waals surface area contributed by atoms with Crippen molar-refractivity contribution in [3.63, 3.8) is 0 Å². The highest BCUT2D eigenvalue weighted by Crippen LogP contribution is 2.37. The van der Waals surface area contributed by atoms with Crippen LogP contribution in [0.15, 0.2) is 30.3 Å². The van der Waals surface area contributed by atoms with Crippen LogP contribution in [-0.4, -0.2) is 24.0 Å². The summed E-state index contributed by atoms with van der Waals surface area (Å²) in [7, 11) is 0. The van der Waals surface area contributed by atoms with Crippen molar-refractivity contribution in [2.75, 3.05) is 18.4 Å². The first-order valence-corrected chi connectivity index (χ1v) is 9.66. The minimum atomic E-state index is 0.0803. The molecule has 4 nitrogen and oxygen atoms in total. The first kappa shape index (κ1) is 15.8. The summed E-state index contributed by atoms with van der Waals surface area (Å²) >= 11 is 1.66. The Bertz CT molecular complexity index is 707. The molecule has 2 unspecified atom stereocenters. The number of rotatable bonds is 3. The first-order valence-electron chi connectivity index (χ1n) is 8.84. The lowest BCUT2D eigenvalue weighted by molar-refractivity contribution is -0.120. The lowest BCUT2D eigenvalue weighted by Gasteiger charge is -2.21. The van der Waals surface area contributed by atoms with Gasteiger partial charge in [0.25, 0.3) is 0 Å². The largest absolute Gasteiger partial charge is 0.316 e. The molecule has 2 N–H and O–H groups in total. The van der Waals surface area contributed by atoms with Crippen LogP contribution in [0.2, 0.25) is 0 Å². The van der Waals surface area contributed by atoms with Crippen LogP contribution in [0.3, 0.4) is 0 Å². The van der Waals surface area contributed by atoms with Gasteiger partial charge < -0.3 is 10.6 Å². The molecule has 2 heterocycles. The van der Waals surface area contributed by atoms with E-state index < -0.39 is 0 Å². The molecule has 126 valence electrons. The number of hydrogen-bond acceptors (Lipinski definition) is 4. The Hall–Kier alpha value is -1.72. The summed E-state index contributed by atoms with van der Waals surface area (Å²) in [6.45, 7) is 1.81. The van der Waals surface area contributed by atoms with E-state index in [1.54, 1.807) is 11.3 Å². The summed E-state index contributed by atoms with van der Waals surface area (Å²) in [6, 6.07) is 10.7. The van der Waals surface area contributed by atoms with Gasteiger partial charge in [0.15, 0.2) is 5.13 Å². The number of amides is 1. The lowest BCUT2D eigenvalue weighted by Crippen LogP contribution is -2.37. The van der Waals surface area contributed by atoms with Crippen LogP contribution < -0.4 is 10.6 Å². The van der Waals surface area contributed by atoms with Crippen molar-refractivity contribution in [3.05, 3.63) is 46.5 Å². The fraction of sp³-hybridized carbons (Fsp3) is 0.474. The van der Waals surface area contributed by atoms with Gasteiger partial charge in [0.1, 0.15) is 0 Å². The molecule has 1 aromatic carbocycles. The van der Waals surface area contributed by atoms with Crippen molar-refractivity contribution in [2.45, 2.75) is 38.0 Å². The minimum absolute atomic E-state index is 0.0803. The van der Waals surface area contributed by atoms with E-state index in [2.05, 4.69) is 45.9 Å². The third-order valence-corrected chi connectivity index (χ3v) is 6.14. The van der Waals surface area contributed by atoms with Gasteiger partial charge in [0.2, 0.25) is 5.91 Å². The number of nitrogens with one attached hydrogen (secondary N) is 2. The third kappa shape index (κ3) is 3.37. The fourth-order valence-electron chi connectivity index (χ4n) is 3.72. The Morgan fingerprint density at radius 1 is 1.25 bits per heavy atom. The number of aryl methyl sites for hydroxylation is 1. The van der Waals surface area contributed by atoms with E-state index in [1.165, 1.54) is 16.1 Å². The Morgan fingerprint density at radius 3 is 2.92 bits per heavy atom. The van der Waals surface area contributed by atoms with Crippen molar-refractivity contribution in [2.24, 2.45) is 5.92 Å². The van der Waals surface area contributed by atoms with Gasteiger partial charge in [-0.15, -0.1) is 11.3 Å². The van der Waals surface area contributed by atoms with Crippen molar-refractivity contribution >= 4 is 22.4 Å². The van der Waals surface area contributed by atoms with Crippen molar-refractivity contribution in [3.8, 4) is 0 Å². The van der Waals surface area contributed by atoms with E-state index in [0.29, 0.717) is 5.92 Å². The predicted octanol–water partition coefficient (Wildman–Crippen LogP) is 3.35. The maximum absolute atomic E-state index is 12.4. The van der Waals surface area contributed by atoms with Crippen molar-refractivity contribution in [1.29, 1.82) is 0 Å². The van der Waals surface area contributed by atoms with E-state index >= 15 is 0 Å². The predicted molar refractivity (Wildman–Crippen MR) is 97.5 cm³/mol. The summed E-state index contributed by atoms with van der Waals surface area (Å²) in [5.41, 5.74) is 2.60. The Balaban J connectivity index is 1.43. The topological polar surface area (TPSA) is 54.0 Å². The molecule has 0 bridgehead atoms. The molecular formula is C19H23N3OS. The minimum Gasteiger partial charge on any atom is -0.316 e. The summed E-state index contributed by atoms with van der Waals surface area (Å²) in [4.78, 5) is 18.4. The smallest absolute Gasteiger partial charge is 0.230 e. The number of thiazole rings is 1. The van der Waals surface area contributed by atoms with Crippen LogP contribution in [0.5, 0.6) is 0 Å². The summed E-state index contributed by atoms with van der Waals surface area (Å²) in [6.07, 6.45) is 5.23. The van der Waals surface area contributed by atoms with Gasteiger partial charge in [0, 0.05) is 11.4 Å². The second-order valence-corrected chi connectivity index (χ2v) is 7.86. The van der Waals surface area contributed by atoms with Crippen LogP contribution in [0.4, 0.5) is 5.13 Å². The van der Waals surface area contributed by atoms with Gasteiger partial charge >= 0.3 is 0 Å². The molecule has 5 heteroatoms. The van der Waals surface area contributed by atoms with Gasteiger partial charge in [-0.3, -0.25) is 4.79 Å². The number of piperidine rings is 1. The van der Waals surface area contributed by atoms with Gasteiger partial charge in [-0.05, 0) is 50.1 Å². The van der Waals surface area contributed by atoms with Crippen LogP contribution in [-0.2, 0) is 17.6 Å². The zero-order chi connectivity index (χ0) is 16.4. The molecule has 1 amide bonds. The third-order valence-electron chi connectivity index (χ3n) is 5.11. The molecule has 2 aromatic rings. The number of carbonyl (C=O) groups is 1. The van der Waals surface area contributed by atoms with Gasteiger partial charge in [-0.25, -0.2) is 4.98 Å². The molecule has 1 fully saturated rings. The highest BCUT2D eigenvalue weighted by molar-refractivity contribution is 7.15. The summed E-state index contributed by atoms with van der Waals surface area (Å²) in [5, 5.41) is 7.13. The van der Waals surface area contributed by atoms with E-state index in [9.17, 15) is 4.79 Å². The number of fused-ring (bicyclic) bond motifs is 1. The highest BCUT2D eigenvalue weighted by atomic mass is 32.1. The molecule has 24 heavy (non-hydrogen) atoms. The molecule has 0 radical (unpaired) electrons. The Labute approximate surface area is 146 Å². The van der Waals surface area contributed by atoms with E-state index in [0.717, 1.165) is 50.3 Å². The quantitative estimate of drug-likeness (QED) is 0.900. The van der Waals surface area contributed by atoms with Gasteiger partial charge in [-0.2, -0.15) is 0 Å². The highest BCUT2D eigenvalue weighted by Gasteiger charge is 2.26. The SMILES string of the molecule is O=C(Nc1nc2c(s1)CC(c1ccccc1)CC2)C1CCCNC1. The number of benzene rings is 1. The van der Waals surface area contributed by atoms with Crippen molar-refractivity contribution in [1.82, 2.24) is 10.3 Å². The van der Waals surface area contributed by atoms with E-state index in [4.69, 9.17) is 0 Å². The van der Waals surface area contributed by atoms with E-state index in [-0.39, 0.29) is 11.8 Å². The Morgan fingerprint density at radius 2 is 2.12 bits per heavy atom. The molecule has 1 saturated heterocycles. The molecular weight excluding hydrogens is 318 g/mol. The zero-order valence-corrected chi connectivity index (χ0v) is 14.6. The van der Waals surface area contributed by atoms with E-state index in [1.807, 2.05) is 0 Å². The second kappa shape index (κ2) is 7.03. The van der Waals surface area contributed by atoms with Crippen LogP contribution >= 0.6 is 11.3 Å². The fourth-order valence-corrected chi connectivity index (χ4v) is 4.81. The first-order chi connectivity index (χ1) is 11.8. The molecule has 2 atom stereocenters. The number of carbonyl (C=O) groups excluding carboxylic acids is 1. The number of nitrogens with zero attached hydrogens (tertiary/aromatic N) is 1. The Kier molecular flexibility index (Phi) is 4.63. The summed E-state index contributed by atoms with van der Waals surface area (Å²) < 4.78 is 0. The van der Waals surface area contributed by atoms with Crippen molar-refractivity contribution < 1.29 is 4.79 Å². The summed E-state index contributed by atoms with van der Waals surface area (Å²) in [5.74, 6) is 0.773. The van der Waals surface area contributed by atoms with Gasteiger partial charge in [0.05, 0.1) is 11.6 Å². The van der Waals surface area contributed by atoms with Crippen LogP contribution in [0, 0.1) is 5.92 Å². The molecule has 2 aliphatic rings. The number of aromatic nitrogens is 1. The molecule has 1 aromatic heterocycles. The normalized spacial score (nSPS) is 23.5. The zero-order valence-electron chi connectivity index (χ0n) is 13.8. The molecule has 0 saturated carbocycles. The second-order valence-electron chi connectivity index (χ2n) is 6.77. The average Bonchev–Trinajstić information content (AvgIpc) is 3.04. The number of hydrogen-bond donors (Lipinski definition) is 2. The average molecular weight is 341 g/mol. The molecule has 0 spiro atoms. The van der Waals surface area contributed by atoms with Gasteiger partial charge in [-0.1, -0.05) is 30.3 Å². The van der Waals surface area contributed by atoms with Crippen LogP contribution in [0.25, 0.3) is 0 Å². The maximum Gasteiger partial charge on any atom is 0.230 e. The molecule has 4 rings (SSSR count). The molecule has 1 aliphatic carbocycles. The standard InChI is InChI=1S/C19H23N3OS/c23-18(15-7-4-10-20-12-15)22-19-21-16-9-8-14(11-17(16)24-19)13-5-2-1-3-6-13/h1-3,5-6,14-15,20H,4,7-12H2,(H,21,22,23). The molecule has 1 aliphatic heterocycles. The number of anilines is 1. The van der Waals surface area contributed by atoms with Crippen LogP contribution in [0.1, 0.15) is 41.3 Å². The monoisotopic (exact) mass is 341 g/mol. The lowest BCUT2D eigenvalue weighted by atomic mass is 9.85. The maximum atomic E-state index is 12.4.